The van der Waals surface area contributed by atoms with E-state index in [0.29, 0.717) is 6.54 Å². The molecule has 14 heavy (non-hydrogen) atoms. The zero-order valence-electron chi connectivity index (χ0n) is 8.45. The molecule has 0 aromatic carbocycles. The fourth-order valence-corrected chi connectivity index (χ4v) is 3.30. The van der Waals surface area contributed by atoms with E-state index in [1.54, 1.807) is 11.8 Å². The third-order valence-electron chi connectivity index (χ3n) is 2.21. The fraction of sp³-hybridized carbons (Fsp3) is 1.00. The summed E-state index contributed by atoms with van der Waals surface area (Å²) in [6.07, 6.45) is 4.03. The van der Waals surface area contributed by atoms with E-state index in [1.165, 1.54) is 0 Å². The van der Waals surface area contributed by atoms with Gasteiger partial charge in [-0.05, 0) is 25.6 Å². The van der Waals surface area contributed by atoms with Gasteiger partial charge in [-0.15, -0.1) is 0 Å². The molecule has 1 unspecified atom stereocenters. The summed E-state index contributed by atoms with van der Waals surface area (Å²) in [5.74, 6) is 1.05. The minimum absolute atomic E-state index is 0.154. The lowest BCUT2D eigenvalue weighted by atomic mass is 10.3. The van der Waals surface area contributed by atoms with Crippen molar-refractivity contribution in [3.8, 4) is 0 Å². The third kappa shape index (κ3) is 4.63. The molecule has 1 saturated heterocycles. The molecule has 84 valence electrons. The number of hydrogen-bond acceptors (Lipinski definition) is 4. The summed E-state index contributed by atoms with van der Waals surface area (Å²) >= 11 is 1.64. The van der Waals surface area contributed by atoms with Gasteiger partial charge in [0.15, 0.2) is 0 Å². The maximum atomic E-state index is 11.5. The van der Waals surface area contributed by atoms with E-state index in [2.05, 4.69) is 10.0 Å². The first-order chi connectivity index (χ1) is 6.64. The number of sulfonamides is 1. The lowest BCUT2D eigenvalue weighted by Crippen LogP contribution is -2.37. The molecule has 1 aliphatic rings. The van der Waals surface area contributed by atoms with E-state index >= 15 is 0 Å². The lowest BCUT2D eigenvalue weighted by Gasteiger charge is -2.11. The largest absolute Gasteiger partial charge is 0.313 e. The van der Waals surface area contributed by atoms with E-state index in [4.69, 9.17) is 0 Å². The number of hydrogen-bond donors (Lipinski definition) is 2. The summed E-state index contributed by atoms with van der Waals surface area (Å²) in [6, 6.07) is 0.154. The molecule has 1 atom stereocenters. The minimum atomic E-state index is -3.06. The average Bonchev–Trinajstić information content (AvgIpc) is 2.56. The highest BCUT2D eigenvalue weighted by Gasteiger charge is 2.21. The molecular weight excluding hydrogens is 220 g/mol. The Morgan fingerprint density at radius 3 is 2.93 bits per heavy atom. The molecule has 1 aliphatic heterocycles. The Kier molecular flexibility index (Phi) is 5.22. The molecule has 0 radical (unpaired) electrons. The molecule has 0 aromatic heterocycles. The maximum absolute atomic E-state index is 11.5. The van der Waals surface area contributed by atoms with Crippen LogP contribution in [0.4, 0.5) is 0 Å². The second-order valence-electron chi connectivity index (χ2n) is 3.46. The summed E-state index contributed by atoms with van der Waals surface area (Å²) in [5, 5.41) is 3.18. The van der Waals surface area contributed by atoms with Crippen molar-refractivity contribution < 1.29 is 8.42 Å². The highest BCUT2D eigenvalue weighted by molar-refractivity contribution is 7.98. The van der Waals surface area contributed by atoms with Gasteiger partial charge >= 0.3 is 0 Å². The summed E-state index contributed by atoms with van der Waals surface area (Å²) in [4.78, 5) is 0. The van der Waals surface area contributed by atoms with Gasteiger partial charge < -0.3 is 5.32 Å². The first kappa shape index (κ1) is 12.3. The van der Waals surface area contributed by atoms with Crippen molar-refractivity contribution in [2.45, 2.75) is 18.9 Å². The van der Waals surface area contributed by atoms with E-state index in [-0.39, 0.29) is 11.8 Å². The van der Waals surface area contributed by atoms with E-state index in [0.717, 1.165) is 25.1 Å². The van der Waals surface area contributed by atoms with Crippen LogP contribution in [0.2, 0.25) is 0 Å². The van der Waals surface area contributed by atoms with Crippen molar-refractivity contribution in [1.82, 2.24) is 10.0 Å². The summed E-state index contributed by atoms with van der Waals surface area (Å²) in [5.41, 5.74) is 0. The first-order valence-corrected chi connectivity index (χ1v) is 7.88. The Bertz CT molecular complexity index is 248. The Balaban J connectivity index is 2.26. The van der Waals surface area contributed by atoms with Gasteiger partial charge in [-0.3, -0.25) is 0 Å². The van der Waals surface area contributed by atoms with Gasteiger partial charge in [0, 0.05) is 18.3 Å². The third-order valence-corrected chi connectivity index (χ3v) is 4.31. The van der Waals surface area contributed by atoms with Crippen LogP contribution in [0.5, 0.6) is 0 Å². The van der Waals surface area contributed by atoms with Crippen molar-refractivity contribution in [3.05, 3.63) is 0 Å². The summed E-state index contributed by atoms with van der Waals surface area (Å²) in [6.45, 7) is 1.49. The van der Waals surface area contributed by atoms with Gasteiger partial charge in [0.1, 0.15) is 0 Å². The topological polar surface area (TPSA) is 58.2 Å². The van der Waals surface area contributed by atoms with Crippen LogP contribution < -0.4 is 10.0 Å². The first-order valence-electron chi connectivity index (χ1n) is 4.84. The predicted molar refractivity (Wildman–Crippen MR) is 61.2 cm³/mol. The average molecular weight is 238 g/mol. The van der Waals surface area contributed by atoms with E-state index < -0.39 is 10.0 Å². The Labute approximate surface area is 90.3 Å². The molecule has 1 heterocycles. The van der Waals surface area contributed by atoms with Crippen molar-refractivity contribution in [2.75, 3.05) is 30.9 Å². The van der Waals surface area contributed by atoms with E-state index in [9.17, 15) is 8.42 Å². The van der Waals surface area contributed by atoms with Crippen molar-refractivity contribution in [3.63, 3.8) is 0 Å². The molecule has 6 heteroatoms. The van der Waals surface area contributed by atoms with Crippen molar-refractivity contribution in [1.29, 1.82) is 0 Å². The fourth-order valence-electron chi connectivity index (χ4n) is 1.52. The molecule has 1 fully saturated rings. The quantitative estimate of drug-likeness (QED) is 0.641. The molecule has 0 aromatic rings. The lowest BCUT2D eigenvalue weighted by molar-refractivity contribution is 0.566. The second-order valence-corrected chi connectivity index (χ2v) is 6.30. The van der Waals surface area contributed by atoms with Gasteiger partial charge in [-0.1, -0.05) is 0 Å². The SMILES string of the molecule is CSCCNS(=O)(=O)CC1CCCN1. The molecule has 1 rings (SSSR count). The van der Waals surface area contributed by atoms with Gasteiger partial charge in [0.2, 0.25) is 10.0 Å². The van der Waals surface area contributed by atoms with Crippen molar-refractivity contribution >= 4 is 21.8 Å². The van der Waals surface area contributed by atoms with Crippen LogP contribution in [0.15, 0.2) is 0 Å². The van der Waals surface area contributed by atoms with Gasteiger partial charge in [-0.2, -0.15) is 11.8 Å². The standard InChI is InChI=1S/C8H18N2O2S2/c1-13-6-5-10-14(11,12)7-8-3-2-4-9-8/h8-10H,2-7H2,1H3. The molecule has 0 aliphatic carbocycles. The smallest absolute Gasteiger partial charge is 0.213 e. The van der Waals surface area contributed by atoms with Crippen LogP contribution in [0.3, 0.4) is 0 Å². The minimum Gasteiger partial charge on any atom is -0.313 e. The number of nitrogens with one attached hydrogen (secondary N) is 2. The van der Waals surface area contributed by atoms with Crippen LogP contribution >= 0.6 is 11.8 Å². The van der Waals surface area contributed by atoms with Crippen LogP contribution in [0.1, 0.15) is 12.8 Å². The molecule has 4 nitrogen and oxygen atoms in total. The number of thioether (sulfide) groups is 1. The molecular formula is C8H18N2O2S2. The Hall–Kier alpha value is 0.220. The maximum Gasteiger partial charge on any atom is 0.213 e. The van der Waals surface area contributed by atoms with Gasteiger partial charge in [0.25, 0.3) is 0 Å². The molecule has 0 saturated carbocycles. The monoisotopic (exact) mass is 238 g/mol. The molecule has 0 spiro atoms. The molecule has 0 bridgehead atoms. The highest BCUT2D eigenvalue weighted by Crippen LogP contribution is 2.06. The normalized spacial score (nSPS) is 22.8. The Morgan fingerprint density at radius 1 is 1.57 bits per heavy atom. The summed E-state index contributed by atoms with van der Waals surface area (Å²) in [7, 11) is -3.06. The van der Waals surface area contributed by atoms with Gasteiger partial charge in [0.05, 0.1) is 5.75 Å². The van der Waals surface area contributed by atoms with Crippen molar-refractivity contribution in [2.24, 2.45) is 0 Å². The zero-order chi connectivity index (χ0) is 10.4. The van der Waals surface area contributed by atoms with Crippen LogP contribution in [-0.2, 0) is 10.0 Å². The predicted octanol–water partition coefficient (Wildman–Crippen LogP) is 0.0208. The zero-order valence-corrected chi connectivity index (χ0v) is 10.1. The molecule has 2 N–H and O–H groups in total. The van der Waals surface area contributed by atoms with E-state index in [1.807, 2.05) is 6.26 Å². The highest BCUT2D eigenvalue weighted by atomic mass is 32.2. The van der Waals surface area contributed by atoms with Gasteiger partial charge in [-0.25, -0.2) is 13.1 Å². The van der Waals surface area contributed by atoms with Crippen LogP contribution in [0, 0.1) is 0 Å². The number of rotatable bonds is 6. The second kappa shape index (κ2) is 5.95. The van der Waals surface area contributed by atoms with Crippen LogP contribution in [0.25, 0.3) is 0 Å². The van der Waals surface area contributed by atoms with Crippen LogP contribution in [-0.4, -0.2) is 45.3 Å². The Morgan fingerprint density at radius 2 is 2.36 bits per heavy atom. The molecule has 0 amide bonds. The summed E-state index contributed by atoms with van der Waals surface area (Å²) < 4.78 is 25.6.